The Bertz CT molecular complexity index is 591. The van der Waals surface area contributed by atoms with Gasteiger partial charge in [0.05, 0.1) is 12.1 Å². The molecule has 3 heteroatoms. The van der Waals surface area contributed by atoms with Crippen LogP contribution < -0.4 is 4.74 Å². The largest absolute Gasteiger partial charge is 0.494 e. The van der Waals surface area contributed by atoms with E-state index in [9.17, 15) is 0 Å². The number of H-pyrrole nitrogens is 1. The van der Waals surface area contributed by atoms with E-state index in [0.717, 1.165) is 34.2 Å². The second-order valence-corrected chi connectivity index (χ2v) is 5.61. The molecular weight excluding hydrogens is 266 g/mol. The topological polar surface area (TPSA) is 25.0 Å². The first-order valence-corrected chi connectivity index (χ1v) is 7.96. The van der Waals surface area contributed by atoms with Crippen LogP contribution in [-0.2, 0) is 0 Å². The number of hydrogen-bond acceptors (Lipinski definition) is 2. The molecule has 2 aromatic rings. The Morgan fingerprint density at radius 1 is 1.05 bits per heavy atom. The summed E-state index contributed by atoms with van der Waals surface area (Å²) in [5.41, 5.74) is 1.04. The first-order chi connectivity index (χ1) is 9.81. The molecule has 2 rings (SSSR count). The number of unbranched alkanes of at least 4 members (excludes halogenated alkanes) is 5. The van der Waals surface area contributed by atoms with E-state index in [4.69, 9.17) is 17.0 Å². The van der Waals surface area contributed by atoms with Gasteiger partial charge in [0.2, 0.25) is 0 Å². The van der Waals surface area contributed by atoms with Crippen LogP contribution in [0, 0.1) is 4.51 Å². The Balaban J connectivity index is 1.80. The first-order valence-electron chi connectivity index (χ1n) is 7.55. The van der Waals surface area contributed by atoms with Gasteiger partial charge in [-0.1, -0.05) is 51.2 Å². The minimum atomic E-state index is 0.797. The summed E-state index contributed by atoms with van der Waals surface area (Å²) in [7, 11) is 0. The quantitative estimate of drug-likeness (QED) is 0.502. The fourth-order valence-corrected chi connectivity index (χ4v) is 2.56. The van der Waals surface area contributed by atoms with E-state index in [1.165, 1.54) is 32.1 Å². The van der Waals surface area contributed by atoms with Crippen LogP contribution in [0.4, 0.5) is 0 Å². The number of pyridine rings is 1. The van der Waals surface area contributed by atoms with Crippen molar-refractivity contribution in [2.75, 3.05) is 6.61 Å². The van der Waals surface area contributed by atoms with Gasteiger partial charge in [-0.15, -0.1) is 0 Å². The fourth-order valence-electron chi connectivity index (χ4n) is 2.32. The maximum atomic E-state index is 5.81. The third kappa shape index (κ3) is 4.34. The van der Waals surface area contributed by atoms with Crippen molar-refractivity contribution >= 4 is 23.1 Å². The molecule has 0 unspecified atom stereocenters. The van der Waals surface area contributed by atoms with Gasteiger partial charge in [-0.2, -0.15) is 0 Å². The molecule has 2 nitrogen and oxygen atoms in total. The minimum Gasteiger partial charge on any atom is -0.494 e. The Kier molecular flexibility index (Phi) is 6.06. The zero-order valence-corrected chi connectivity index (χ0v) is 13.0. The highest BCUT2D eigenvalue weighted by Crippen LogP contribution is 2.20. The molecule has 0 radical (unpaired) electrons. The van der Waals surface area contributed by atoms with Gasteiger partial charge < -0.3 is 9.72 Å². The smallest absolute Gasteiger partial charge is 0.121 e. The molecule has 0 fully saturated rings. The van der Waals surface area contributed by atoms with Gasteiger partial charge in [-0.25, -0.2) is 0 Å². The van der Waals surface area contributed by atoms with Gasteiger partial charge in [0.1, 0.15) is 5.75 Å². The molecule has 0 saturated carbocycles. The van der Waals surface area contributed by atoms with Crippen molar-refractivity contribution in [3.8, 4) is 5.75 Å². The van der Waals surface area contributed by atoms with E-state index in [1.54, 1.807) is 0 Å². The number of aromatic nitrogens is 1. The molecule has 1 N–H and O–H groups in total. The van der Waals surface area contributed by atoms with Crippen molar-refractivity contribution in [2.45, 2.75) is 45.4 Å². The summed E-state index contributed by atoms with van der Waals surface area (Å²) in [6.45, 7) is 3.04. The highest BCUT2D eigenvalue weighted by atomic mass is 32.1. The molecule has 0 amide bonds. The summed E-state index contributed by atoms with van der Waals surface area (Å²) in [6.07, 6.45) is 9.59. The molecule has 0 aliphatic carbocycles. The lowest BCUT2D eigenvalue weighted by atomic mass is 10.1. The predicted molar refractivity (Wildman–Crippen MR) is 88.0 cm³/mol. The molecule has 108 valence electrons. The van der Waals surface area contributed by atoms with Gasteiger partial charge in [0.15, 0.2) is 0 Å². The molecule has 20 heavy (non-hydrogen) atoms. The fraction of sp³-hybridized carbons (Fsp3) is 0.471. The maximum absolute atomic E-state index is 5.81. The summed E-state index contributed by atoms with van der Waals surface area (Å²) < 4.78 is 6.68. The van der Waals surface area contributed by atoms with E-state index in [2.05, 4.69) is 11.9 Å². The second kappa shape index (κ2) is 8.05. The average molecular weight is 289 g/mol. The zero-order valence-electron chi connectivity index (χ0n) is 12.2. The number of rotatable bonds is 8. The molecule has 1 aromatic heterocycles. The van der Waals surface area contributed by atoms with Crippen LogP contribution in [0.5, 0.6) is 5.75 Å². The molecular formula is C17H23NOS. The molecule has 0 aliphatic heterocycles. The minimum absolute atomic E-state index is 0.797. The second-order valence-electron chi connectivity index (χ2n) is 5.17. The van der Waals surface area contributed by atoms with E-state index in [-0.39, 0.29) is 0 Å². The van der Waals surface area contributed by atoms with Crippen molar-refractivity contribution < 1.29 is 4.74 Å². The number of aromatic amines is 1. The summed E-state index contributed by atoms with van der Waals surface area (Å²) in [6, 6.07) is 7.98. The van der Waals surface area contributed by atoms with Crippen LogP contribution in [0.3, 0.4) is 0 Å². The van der Waals surface area contributed by atoms with Crippen LogP contribution in [0.15, 0.2) is 30.5 Å². The van der Waals surface area contributed by atoms with Crippen molar-refractivity contribution in [3.05, 3.63) is 35.0 Å². The van der Waals surface area contributed by atoms with Gasteiger partial charge in [0, 0.05) is 22.2 Å². The molecule has 0 saturated heterocycles. The van der Waals surface area contributed by atoms with Gasteiger partial charge in [0.25, 0.3) is 0 Å². The van der Waals surface area contributed by atoms with Crippen molar-refractivity contribution in [1.82, 2.24) is 4.98 Å². The standard InChI is InChI=1S/C17H23NOS/c1-2-3-4-5-6-7-12-19-14-8-9-15-16(13-14)18-11-10-17(15)20/h8-11,13H,2-7,12H2,1H3,(H,18,20). The summed E-state index contributed by atoms with van der Waals surface area (Å²) in [5.74, 6) is 0.919. The Labute approximate surface area is 126 Å². The lowest BCUT2D eigenvalue weighted by molar-refractivity contribution is 0.304. The number of fused-ring (bicyclic) bond motifs is 1. The van der Waals surface area contributed by atoms with Crippen LogP contribution in [0.2, 0.25) is 0 Å². The number of hydrogen-bond donors (Lipinski definition) is 1. The molecule has 0 bridgehead atoms. The van der Waals surface area contributed by atoms with Crippen LogP contribution in [0.1, 0.15) is 45.4 Å². The summed E-state index contributed by atoms with van der Waals surface area (Å²) >= 11 is 5.29. The van der Waals surface area contributed by atoms with Crippen molar-refractivity contribution in [3.63, 3.8) is 0 Å². The highest BCUT2D eigenvalue weighted by molar-refractivity contribution is 7.71. The number of ether oxygens (including phenoxy) is 1. The predicted octanol–water partition coefficient (Wildman–Crippen LogP) is 5.64. The Morgan fingerprint density at radius 2 is 1.85 bits per heavy atom. The maximum Gasteiger partial charge on any atom is 0.121 e. The monoisotopic (exact) mass is 289 g/mol. The lowest BCUT2D eigenvalue weighted by Gasteiger charge is -2.07. The molecule has 1 aromatic carbocycles. The van der Waals surface area contributed by atoms with Crippen molar-refractivity contribution in [2.24, 2.45) is 0 Å². The third-order valence-electron chi connectivity index (χ3n) is 3.50. The Morgan fingerprint density at radius 3 is 2.70 bits per heavy atom. The Hall–Kier alpha value is -1.35. The molecule has 0 spiro atoms. The van der Waals surface area contributed by atoms with Crippen molar-refractivity contribution in [1.29, 1.82) is 0 Å². The lowest BCUT2D eigenvalue weighted by Crippen LogP contribution is -1.97. The summed E-state index contributed by atoms with van der Waals surface area (Å²) in [5, 5.41) is 1.08. The van der Waals surface area contributed by atoms with E-state index in [0.29, 0.717) is 0 Å². The molecule has 0 atom stereocenters. The van der Waals surface area contributed by atoms with Crippen LogP contribution in [0.25, 0.3) is 10.9 Å². The molecule has 1 heterocycles. The van der Waals surface area contributed by atoms with Crippen LogP contribution in [-0.4, -0.2) is 11.6 Å². The van der Waals surface area contributed by atoms with Gasteiger partial charge >= 0.3 is 0 Å². The third-order valence-corrected chi connectivity index (χ3v) is 3.85. The van der Waals surface area contributed by atoms with Gasteiger partial charge in [-0.05, 0) is 24.6 Å². The summed E-state index contributed by atoms with van der Waals surface area (Å²) in [4.78, 5) is 3.21. The number of nitrogens with one attached hydrogen (secondary N) is 1. The normalized spacial score (nSPS) is 10.8. The SMILES string of the molecule is CCCCCCCCOc1ccc2c(=S)cc[nH]c2c1. The molecule has 0 aliphatic rings. The number of benzene rings is 1. The van der Waals surface area contributed by atoms with Gasteiger partial charge in [-0.3, -0.25) is 0 Å². The van der Waals surface area contributed by atoms with E-state index < -0.39 is 0 Å². The first kappa shape index (κ1) is 15.0. The average Bonchev–Trinajstić information content (AvgIpc) is 2.46. The highest BCUT2D eigenvalue weighted by Gasteiger charge is 1.99. The van der Waals surface area contributed by atoms with Crippen LogP contribution >= 0.6 is 12.2 Å². The van der Waals surface area contributed by atoms with E-state index >= 15 is 0 Å². The van der Waals surface area contributed by atoms with E-state index in [1.807, 2.05) is 30.5 Å². The zero-order chi connectivity index (χ0) is 14.2.